The molecule has 294 valence electrons. The van der Waals surface area contributed by atoms with Gasteiger partial charge in [0.05, 0.1) is 72.2 Å². The fraction of sp³-hybridized carbons (Fsp3) is 0.200. The maximum atomic E-state index is 9.41. The second-order valence-corrected chi connectivity index (χ2v) is 12.7. The molecular weight excluding hydrogens is 737 g/mol. The van der Waals surface area contributed by atoms with E-state index >= 15 is 0 Å². The van der Waals surface area contributed by atoms with Crippen molar-refractivity contribution in [3.05, 3.63) is 131 Å². The molecule has 0 atom stereocenters. The number of aliphatic hydroxyl groups is 2. The predicted molar refractivity (Wildman–Crippen MR) is 225 cm³/mol. The molecule has 0 bridgehead atoms. The summed E-state index contributed by atoms with van der Waals surface area (Å²) in [5.74, 6) is 3.70. The van der Waals surface area contributed by atoms with Crippen molar-refractivity contribution in [1.29, 1.82) is 0 Å². The van der Waals surface area contributed by atoms with Crippen molar-refractivity contribution in [3.63, 3.8) is 0 Å². The van der Waals surface area contributed by atoms with Crippen molar-refractivity contribution in [3.8, 4) is 11.4 Å². The highest BCUT2D eigenvalue weighted by atomic mass is 16.3. The zero-order chi connectivity index (χ0) is 41.0. The van der Waals surface area contributed by atoms with E-state index in [2.05, 4.69) is 50.3 Å². The first-order valence-corrected chi connectivity index (χ1v) is 18.0. The van der Waals surface area contributed by atoms with Crippen LogP contribution >= 0.6 is 0 Å². The molecule has 18 heteroatoms. The third-order valence-corrected chi connectivity index (χ3v) is 8.18. The molecule has 0 amide bonds. The molecule has 18 nitrogen and oxygen atoms in total. The van der Waals surface area contributed by atoms with E-state index in [1.54, 1.807) is 129 Å². The Morgan fingerprint density at radius 2 is 0.828 bits per heavy atom. The van der Waals surface area contributed by atoms with Gasteiger partial charge in [-0.05, 0) is 44.2 Å². The van der Waals surface area contributed by atoms with Gasteiger partial charge in [-0.25, -0.2) is 39.9 Å². The van der Waals surface area contributed by atoms with Crippen LogP contribution in [0.15, 0.2) is 105 Å². The Morgan fingerprint density at radius 1 is 0.448 bits per heavy atom. The molecule has 0 saturated carbocycles. The lowest BCUT2D eigenvalue weighted by Crippen LogP contribution is -2.17. The third kappa shape index (κ3) is 10.9. The van der Waals surface area contributed by atoms with Crippen molar-refractivity contribution in [1.82, 2.24) is 39.9 Å². The molecule has 0 radical (unpaired) electrons. The predicted octanol–water partition coefficient (Wildman–Crippen LogP) is 4.00. The topological polar surface area (TPSA) is 206 Å². The molecule has 0 unspecified atom stereocenters. The van der Waals surface area contributed by atoms with Crippen molar-refractivity contribution in [2.45, 2.75) is 27.1 Å². The molecule has 0 saturated heterocycles. The number of hydrogen-bond donors (Lipinski definition) is 2. The third-order valence-electron chi connectivity index (χ3n) is 8.18. The van der Waals surface area contributed by atoms with Gasteiger partial charge < -0.3 is 10.2 Å². The van der Waals surface area contributed by atoms with Crippen LogP contribution < -0.4 is 20.0 Å². The van der Waals surface area contributed by atoms with Gasteiger partial charge in [0.1, 0.15) is 11.6 Å². The molecule has 1 aromatic carbocycles. The van der Waals surface area contributed by atoms with Gasteiger partial charge in [-0.15, -0.1) is 0 Å². The second-order valence-electron chi connectivity index (χ2n) is 12.7. The van der Waals surface area contributed by atoms with Gasteiger partial charge in [0, 0.05) is 45.9 Å². The average molecular weight is 779 g/mol. The van der Waals surface area contributed by atoms with Gasteiger partial charge >= 0.3 is 0 Å². The summed E-state index contributed by atoms with van der Waals surface area (Å²) in [5, 5.41) is 43.5. The average Bonchev–Trinajstić information content (AvgIpc) is 3.25. The zero-order valence-electron chi connectivity index (χ0n) is 32.9. The molecular formula is C40H42N16O2. The summed E-state index contributed by atoms with van der Waals surface area (Å²) in [6, 6.07) is 25.7. The largest absolute Gasteiger partial charge is 0.390 e. The van der Waals surface area contributed by atoms with Crippen molar-refractivity contribution < 1.29 is 10.2 Å². The van der Waals surface area contributed by atoms with Crippen LogP contribution in [0.2, 0.25) is 0 Å². The number of nitrogens with zero attached hydrogens (tertiary/aromatic N) is 16. The van der Waals surface area contributed by atoms with E-state index in [1.807, 2.05) is 42.5 Å². The van der Waals surface area contributed by atoms with E-state index in [9.17, 15) is 10.2 Å². The number of hydrogen-bond acceptors (Lipinski definition) is 18. The van der Waals surface area contributed by atoms with E-state index in [-0.39, 0.29) is 13.2 Å². The highest BCUT2D eigenvalue weighted by Crippen LogP contribution is 2.21. The minimum Gasteiger partial charge on any atom is -0.390 e. The molecule has 5 aromatic heterocycles. The number of hydrazone groups is 4. The summed E-state index contributed by atoms with van der Waals surface area (Å²) >= 11 is 0. The molecule has 58 heavy (non-hydrogen) atoms. The fourth-order valence-electron chi connectivity index (χ4n) is 5.21. The monoisotopic (exact) mass is 778 g/mol. The Hall–Kier alpha value is -7.44. The van der Waals surface area contributed by atoms with Crippen LogP contribution in [-0.2, 0) is 13.2 Å². The number of pyridine rings is 2. The van der Waals surface area contributed by atoms with Crippen LogP contribution in [0.4, 0.5) is 23.3 Å². The molecule has 0 aliphatic rings. The van der Waals surface area contributed by atoms with Gasteiger partial charge in [-0.2, -0.15) is 20.4 Å². The Kier molecular flexibility index (Phi) is 13.1. The Bertz CT molecular complexity index is 2310. The maximum absolute atomic E-state index is 9.41. The van der Waals surface area contributed by atoms with Gasteiger partial charge in [0.25, 0.3) is 0 Å². The smallest absolute Gasteiger partial charge is 0.160 e. The van der Waals surface area contributed by atoms with Crippen LogP contribution in [0, 0.1) is 13.8 Å². The van der Waals surface area contributed by atoms with Crippen LogP contribution in [0.5, 0.6) is 0 Å². The number of rotatable bonds is 15. The van der Waals surface area contributed by atoms with E-state index in [0.29, 0.717) is 74.9 Å². The first-order valence-electron chi connectivity index (χ1n) is 18.0. The second kappa shape index (κ2) is 18.9. The molecule has 5 heterocycles. The number of aromatic nitrogens is 8. The van der Waals surface area contributed by atoms with Crippen molar-refractivity contribution in [2.24, 2.45) is 20.4 Å². The number of anilines is 4. The lowest BCUT2D eigenvalue weighted by Gasteiger charge is -2.17. The summed E-state index contributed by atoms with van der Waals surface area (Å²) in [6.45, 7) is 3.28. The minimum atomic E-state index is -0.155. The van der Waals surface area contributed by atoms with Crippen LogP contribution in [0.1, 0.15) is 45.8 Å². The van der Waals surface area contributed by atoms with Crippen LogP contribution in [-0.4, -0.2) is 103 Å². The van der Waals surface area contributed by atoms with E-state index in [4.69, 9.17) is 9.97 Å². The van der Waals surface area contributed by atoms with Crippen LogP contribution in [0.3, 0.4) is 0 Å². The summed E-state index contributed by atoms with van der Waals surface area (Å²) in [4.78, 5) is 36.5. The summed E-state index contributed by atoms with van der Waals surface area (Å²) in [6.07, 6.45) is 6.44. The van der Waals surface area contributed by atoms with Crippen molar-refractivity contribution in [2.75, 3.05) is 48.2 Å². The minimum absolute atomic E-state index is 0.155. The number of aryl methyl sites for hydroxylation is 2. The Labute approximate surface area is 335 Å². The van der Waals surface area contributed by atoms with Gasteiger partial charge in [-0.1, -0.05) is 42.5 Å². The number of benzene rings is 1. The maximum Gasteiger partial charge on any atom is 0.160 e. The zero-order valence-corrected chi connectivity index (χ0v) is 32.9. The van der Waals surface area contributed by atoms with E-state index in [0.717, 1.165) is 5.56 Å². The standard InChI is InChI=1S/C40H42N16O2/c1-27-45-36(53(3)41-21-30-14-10-16-32(25-57)49-30)19-38(47-27)55(5)43-23-34-18-35(52-40(51-34)29-12-8-7-9-13-29)24-44-56(6)39-20-37(46-28(2)48-39)54(4)42-22-31-15-11-17-33(26-58)50-31/h7-24,57-58H,25-26H2,1-6H3/b41-21+,42-22+,43-23+,44-24+. The lowest BCUT2D eigenvalue weighted by atomic mass is 10.2. The van der Waals surface area contributed by atoms with Crippen LogP contribution in [0.25, 0.3) is 11.4 Å². The van der Waals surface area contributed by atoms with Gasteiger partial charge in [0.2, 0.25) is 0 Å². The first kappa shape index (κ1) is 40.2. The highest BCUT2D eigenvalue weighted by Gasteiger charge is 2.12. The fourth-order valence-corrected chi connectivity index (χ4v) is 5.21. The molecule has 0 aliphatic heterocycles. The molecule has 0 spiro atoms. The first-order chi connectivity index (χ1) is 28.1. The van der Waals surface area contributed by atoms with Crippen molar-refractivity contribution >= 4 is 48.1 Å². The van der Waals surface area contributed by atoms with Gasteiger partial charge in [0.15, 0.2) is 29.1 Å². The molecule has 6 aromatic rings. The van der Waals surface area contributed by atoms with E-state index in [1.165, 1.54) is 0 Å². The molecule has 0 aliphatic carbocycles. The number of aliphatic hydroxyl groups excluding tert-OH is 2. The Morgan fingerprint density at radius 3 is 1.21 bits per heavy atom. The molecule has 6 rings (SSSR count). The summed E-state index contributed by atoms with van der Waals surface area (Å²) < 4.78 is 0. The Balaban J connectivity index is 1.21. The highest BCUT2D eigenvalue weighted by molar-refractivity contribution is 5.85. The summed E-state index contributed by atoms with van der Waals surface area (Å²) in [7, 11) is 7.09. The lowest BCUT2D eigenvalue weighted by molar-refractivity contribution is 0.276. The molecule has 2 N–H and O–H groups in total. The summed E-state index contributed by atoms with van der Waals surface area (Å²) in [5.41, 5.74) is 4.21. The normalized spacial score (nSPS) is 11.7. The van der Waals surface area contributed by atoms with E-state index < -0.39 is 0 Å². The quantitative estimate of drug-likeness (QED) is 0.112. The molecule has 0 fully saturated rings. The SMILES string of the molecule is Cc1nc(N(C)/N=C/c2cccc(CO)n2)cc(N(C)/N=C/c2cc(/C=N/N(C)c3cc(N(C)/N=C/c4cccc(CO)n4)nc(C)n3)nc(-c3ccccc3)n2)n1. The van der Waals surface area contributed by atoms with Gasteiger partial charge in [-0.3, -0.25) is 20.0 Å².